The number of halogens is 1. The molecule has 2 amide bonds. The van der Waals surface area contributed by atoms with E-state index in [0.717, 1.165) is 16.6 Å². The van der Waals surface area contributed by atoms with Gasteiger partial charge in [-0.2, -0.15) is 0 Å². The van der Waals surface area contributed by atoms with Gasteiger partial charge in [-0.3, -0.25) is 24.0 Å². The Morgan fingerprint density at radius 2 is 1.85 bits per heavy atom. The minimum atomic E-state index is -3.99. The third-order valence-electron chi connectivity index (χ3n) is 5.02. The number of nitro benzene ring substituents is 1. The molecule has 184 valence electrons. The van der Waals surface area contributed by atoms with E-state index in [9.17, 15) is 28.1 Å². The van der Waals surface area contributed by atoms with Crippen molar-refractivity contribution >= 4 is 44.8 Å². The molecule has 0 aliphatic heterocycles. The van der Waals surface area contributed by atoms with E-state index in [1.807, 2.05) is 6.92 Å². The number of rotatable bonds is 11. The molecule has 0 saturated carbocycles. The van der Waals surface area contributed by atoms with Crippen LogP contribution in [-0.4, -0.2) is 55.4 Å². The molecule has 1 atom stereocenters. The molecule has 2 aromatic rings. The van der Waals surface area contributed by atoms with E-state index in [1.165, 1.54) is 30.0 Å². The molecule has 2 rings (SSSR count). The molecule has 1 N–H and O–H groups in total. The first kappa shape index (κ1) is 27.1. The molecular weight excluding hydrogens is 484 g/mol. The fraction of sp³-hybridized carbons (Fsp3) is 0.364. The van der Waals surface area contributed by atoms with Gasteiger partial charge < -0.3 is 10.2 Å². The number of non-ortho nitro benzene ring substituents is 1. The van der Waals surface area contributed by atoms with E-state index in [4.69, 9.17) is 11.6 Å². The van der Waals surface area contributed by atoms with Crippen molar-refractivity contribution in [2.75, 3.05) is 23.7 Å². The average molecular weight is 511 g/mol. The van der Waals surface area contributed by atoms with Gasteiger partial charge in [0.1, 0.15) is 12.6 Å². The standard InChI is InChI=1S/C22H27ClN4O6S/c1-4-12-24-22(29)16(2)25(14-17-8-5-6-11-20(17)23)21(28)15-26(34(3,32)33)18-9-7-10-19(13-18)27(30)31/h5-11,13,16H,4,12,14-15H2,1-3H3,(H,24,29)/t16-/m1/s1. The lowest BCUT2D eigenvalue weighted by molar-refractivity contribution is -0.384. The highest BCUT2D eigenvalue weighted by Crippen LogP contribution is 2.24. The third-order valence-corrected chi connectivity index (χ3v) is 6.53. The van der Waals surface area contributed by atoms with Crippen LogP contribution in [0.3, 0.4) is 0 Å². The summed E-state index contributed by atoms with van der Waals surface area (Å²) in [5, 5.41) is 14.3. The highest BCUT2D eigenvalue weighted by Gasteiger charge is 2.30. The van der Waals surface area contributed by atoms with Gasteiger partial charge in [0, 0.05) is 30.2 Å². The molecule has 0 aliphatic carbocycles. The first-order valence-corrected chi connectivity index (χ1v) is 12.7. The maximum Gasteiger partial charge on any atom is 0.271 e. The smallest absolute Gasteiger partial charge is 0.271 e. The van der Waals surface area contributed by atoms with Gasteiger partial charge >= 0.3 is 0 Å². The van der Waals surface area contributed by atoms with Gasteiger partial charge in [0.05, 0.1) is 16.9 Å². The van der Waals surface area contributed by atoms with Crippen molar-refractivity contribution in [3.63, 3.8) is 0 Å². The van der Waals surface area contributed by atoms with Crippen LogP contribution in [0.5, 0.6) is 0 Å². The molecule has 12 heteroatoms. The number of amides is 2. The Morgan fingerprint density at radius 3 is 2.44 bits per heavy atom. The molecule has 34 heavy (non-hydrogen) atoms. The molecule has 0 bridgehead atoms. The maximum atomic E-state index is 13.4. The lowest BCUT2D eigenvalue weighted by Gasteiger charge is -2.31. The predicted molar refractivity (Wildman–Crippen MR) is 130 cm³/mol. The quantitative estimate of drug-likeness (QED) is 0.365. The maximum absolute atomic E-state index is 13.4. The van der Waals surface area contributed by atoms with Crippen LogP contribution in [0.4, 0.5) is 11.4 Å². The number of benzene rings is 2. The lowest BCUT2D eigenvalue weighted by atomic mass is 10.1. The molecule has 0 aliphatic rings. The number of carbonyl (C=O) groups excluding carboxylic acids is 2. The van der Waals surface area contributed by atoms with E-state index >= 15 is 0 Å². The zero-order chi connectivity index (χ0) is 25.5. The van der Waals surface area contributed by atoms with Crippen molar-refractivity contribution in [3.8, 4) is 0 Å². The van der Waals surface area contributed by atoms with Crippen LogP contribution >= 0.6 is 11.6 Å². The van der Waals surface area contributed by atoms with E-state index in [1.54, 1.807) is 24.3 Å². The normalized spacial score (nSPS) is 12.0. The fourth-order valence-corrected chi connectivity index (χ4v) is 4.20. The topological polar surface area (TPSA) is 130 Å². The van der Waals surface area contributed by atoms with Crippen LogP contribution in [0.25, 0.3) is 0 Å². The van der Waals surface area contributed by atoms with Gasteiger partial charge in [-0.15, -0.1) is 0 Å². The van der Waals surface area contributed by atoms with Crippen LogP contribution in [0, 0.1) is 10.1 Å². The molecular formula is C22H27ClN4O6S. The summed E-state index contributed by atoms with van der Waals surface area (Å²) in [5.74, 6) is -1.07. The summed E-state index contributed by atoms with van der Waals surface area (Å²) in [6.45, 7) is 3.15. The van der Waals surface area contributed by atoms with Crippen molar-refractivity contribution in [1.82, 2.24) is 10.2 Å². The zero-order valence-corrected chi connectivity index (χ0v) is 20.7. The van der Waals surface area contributed by atoms with E-state index < -0.39 is 39.3 Å². The van der Waals surface area contributed by atoms with Crippen LogP contribution in [0.15, 0.2) is 48.5 Å². The Morgan fingerprint density at radius 1 is 1.18 bits per heavy atom. The number of hydrogen-bond donors (Lipinski definition) is 1. The Balaban J connectivity index is 2.42. The number of nitrogens with zero attached hydrogens (tertiary/aromatic N) is 3. The van der Waals surface area contributed by atoms with Crippen LogP contribution in [0.1, 0.15) is 25.8 Å². The SMILES string of the molecule is CCCNC(=O)[C@@H](C)N(Cc1ccccc1Cl)C(=O)CN(c1cccc([N+](=O)[O-])c1)S(C)(=O)=O. The third kappa shape index (κ3) is 7.16. The van der Waals surface area contributed by atoms with Gasteiger partial charge in [0.2, 0.25) is 21.8 Å². The Bertz CT molecular complexity index is 1160. The largest absolute Gasteiger partial charge is 0.354 e. The Labute approximate surface area is 203 Å². The molecule has 0 aromatic heterocycles. The first-order valence-electron chi connectivity index (χ1n) is 10.5. The molecule has 0 heterocycles. The number of carbonyl (C=O) groups is 2. The van der Waals surface area contributed by atoms with Gasteiger partial charge in [0.15, 0.2) is 0 Å². The Kier molecular flexibility index (Phi) is 9.39. The zero-order valence-electron chi connectivity index (χ0n) is 19.1. The summed E-state index contributed by atoms with van der Waals surface area (Å²) in [4.78, 5) is 37.8. The highest BCUT2D eigenvalue weighted by molar-refractivity contribution is 7.92. The van der Waals surface area contributed by atoms with Crippen LogP contribution in [-0.2, 0) is 26.2 Å². The van der Waals surface area contributed by atoms with Gasteiger partial charge in [0.25, 0.3) is 5.69 Å². The van der Waals surface area contributed by atoms with Gasteiger partial charge in [-0.25, -0.2) is 8.42 Å². The fourth-order valence-electron chi connectivity index (χ4n) is 3.16. The first-order chi connectivity index (χ1) is 16.0. The van der Waals surface area contributed by atoms with Crippen molar-refractivity contribution in [3.05, 3.63) is 69.2 Å². The van der Waals surface area contributed by atoms with Crippen molar-refractivity contribution in [2.24, 2.45) is 0 Å². The highest BCUT2D eigenvalue weighted by atomic mass is 35.5. The summed E-state index contributed by atoms with van der Waals surface area (Å²) < 4.78 is 25.8. The second-order valence-corrected chi connectivity index (χ2v) is 9.94. The number of hydrogen-bond acceptors (Lipinski definition) is 6. The molecule has 0 radical (unpaired) electrons. The number of nitrogens with one attached hydrogen (secondary N) is 1. The van der Waals surface area contributed by atoms with E-state index in [2.05, 4.69) is 5.32 Å². The summed E-state index contributed by atoms with van der Waals surface area (Å²) >= 11 is 6.25. The van der Waals surface area contributed by atoms with Crippen molar-refractivity contribution in [1.29, 1.82) is 0 Å². The molecule has 0 unspecified atom stereocenters. The molecule has 0 saturated heterocycles. The summed E-state index contributed by atoms with van der Waals surface area (Å²) in [7, 11) is -3.99. The predicted octanol–water partition coefficient (Wildman–Crippen LogP) is 2.96. The summed E-state index contributed by atoms with van der Waals surface area (Å²) in [6, 6.07) is 10.9. The molecule has 10 nitrogen and oxygen atoms in total. The van der Waals surface area contributed by atoms with Crippen molar-refractivity contribution in [2.45, 2.75) is 32.9 Å². The number of nitro groups is 1. The average Bonchev–Trinajstić information content (AvgIpc) is 2.79. The molecule has 2 aromatic carbocycles. The lowest BCUT2D eigenvalue weighted by Crippen LogP contribution is -2.51. The molecule has 0 spiro atoms. The minimum Gasteiger partial charge on any atom is -0.354 e. The van der Waals surface area contributed by atoms with E-state index in [0.29, 0.717) is 23.6 Å². The number of anilines is 1. The van der Waals surface area contributed by atoms with Crippen molar-refractivity contribution < 1.29 is 22.9 Å². The summed E-state index contributed by atoms with van der Waals surface area (Å²) in [6.07, 6.45) is 1.60. The van der Waals surface area contributed by atoms with Gasteiger partial charge in [-0.1, -0.05) is 42.8 Å². The monoisotopic (exact) mass is 510 g/mol. The van der Waals surface area contributed by atoms with E-state index in [-0.39, 0.29) is 17.9 Å². The second-order valence-electron chi connectivity index (χ2n) is 7.63. The molecule has 0 fully saturated rings. The van der Waals surface area contributed by atoms with Crippen LogP contribution in [0.2, 0.25) is 5.02 Å². The van der Waals surface area contributed by atoms with Crippen LogP contribution < -0.4 is 9.62 Å². The van der Waals surface area contributed by atoms with Gasteiger partial charge in [-0.05, 0) is 31.0 Å². The second kappa shape index (κ2) is 11.8. The minimum absolute atomic E-state index is 0.0360. The number of sulfonamides is 1. The Hall–Kier alpha value is -3.18. The summed E-state index contributed by atoms with van der Waals surface area (Å²) in [5.41, 5.74) is 0.221.